The SMILES string of the molecule is C[C@@H]1COCCN1S(=O)(=O)c1cc(Cl)cc(C(=O)O)c1Cl. The zero-order valence-electron chi connectivity index (χ0n) is 11.0. The highest BCUT2D eigenvalue weighted by Gasteiger charge is 2.34. The number of halogens is 2. The maximum atomic E-state index is 12.7. The second kappa shape index (κ2) is 6.10. The van der Waals surface area contributed by atoms with Gasteiger partial charge in [0.2, 0.25) is 10.0 Å². The number of hydrogen-bond acceptors (Lipinski definition) is 4. The van der Waals surface area contributed by atoms with E-state index in [9.17, 15) is 13.2 Å². The highest BCUT2D eigenvalue weighted by Crippen LogP contribution is 2.32. The largest absolute Gasteiger partial charge is 0.478 e. The maximum absolute atomic E-state index is 12.7. The van der Waals surface area contributed by atoms with E-state index in [1.165, 1.54) is 4.31 Å². The van der Waals surface area contributed by atoms with Crippen LogP contribution in [0, 0.1) is 0 Å². The van der Waals surface area contributed by atoms with Crippen molar-refractivity contribution in [2.24, 2.45) is 0 Å². The number of carbonyl (C=O) groups is 1. The van der Waals surface area contributed by atoms with Crippen LogP contribution in [0.1, 0.15) is 17.3 Å². The van der Waals surface area contributed by atoms with Crippen LogP contribution in [0.2, 0.25) is 10.0 Å². The summed E-state index contributed by atoms with van der Waals surface area (Å²) in [4.78, 5) is 10.8. The van der Waals surface area contributed by atoms with Crippen molar-refractivity contribution >= 4 is 39.2 Å². The molecule has 1 aliphatic rings. The summed E-state index contributed by atoms with van der Waals surface area (Å²) >= 11 is 11.8. The molecule has 21 heavy (non-hydrogen) atoms. The monoisotopic (exact) mass is 353 g/mol. The molecule has 1 atom stereocenters. The Morgan fingerprint density at radius 3 is 2.67 bits per heavy atom. The van der Waals surface area contributed by atoms with E-state index >= 15 is 0 Å². The van der Waals surface area contributed by atoms with E-state index in [1.807, 2.05) is 0 Å². The predicted octanol–water partition coefficient (Wildman–Crippen LogP) is 2.10. The number of benzene rings is 1. The van der Waals surface area contributed by atoms with Crippen molar-refractivity contribution in [1.29, 1.82) is 0 Å². The summed E-state index contributed by atoms with van der Waals surface area (Å²) < 4.78 is 31.8. The number of sulfonamides is 1. The summed E-state index contributed by atoms with van der Waals surface area (Å²) in [7, 11) is -3.95. The zero-order valence-corrected chi connectivity index (χ0v) is 13.4. The van der Waals surface area contributed by atoms with Gasteiger partial charge in [-0.2, -0.15) is 4.31 Å². The first-order valence-corrected chi connectivity index (χ1v) is 8.26. The molecule has 1 N–H and O–H groups in total. The lowest BCUT2D eigenvalue weighted by Gasteiger charge is -2.32. The molecule has 0 saturated carbocycles. The molecule has 1 aliphatic heterocycles. The van der Waals surface area contributed by atoms with E-state index in [0.717, 1.165) is 12.1 Å². The Balaban J connectivity index is 2.57. The summed E-state index contributed by atoms with van der Waals surface area (Å²) in [6.07, 6.45) is 0. The normalized spacial score (nSPS) is 20.4. The second-order valence-corrected chi connectivity index (χ2v) is 7.28. The summed E-state index contributed by atoms with van der Waals surface area (Å²) in [5.41, 5.74) is -0.344. The molecule has 2 rings (SSSR count). The van der Waals surface area contributed by atoms with Crippen molar-refractivity contribution in [3.63, 3.8) is 0 Å². The molecule has 9 heteroatoms. The van der Waals surface area contributed by atoms with Gasteiger partial charge in [0.25, 0.3) is 0 Å². The van der Waals surface area contributed by atoms with Gasteiger partial charge in [-0.15, -0.1) is 0 Å². The van der Waals surface area contributed by atoms with Gasteiger partial charge in [-0.3, -0.25) is 0 Å². The Hall–Kier alpha value is -0.860. The van der Waals surface area contributed by atoms with Crippen molar-refractivity contribution in [2.75, 3.05) is 19.8 Å². The number of rotatable bonds is 3. The van der Waals surface area contributed by atoms with E-state index in [1.54, 1.807) is 6.92 Å². The van der Waals surface area contributed by atoms with Crippen molar-refractivity contribution in [2.45, 2.75) is 17.9 Å². The summed E-state index contributed by atoms with van der Waals surface area (Å²) in [5, 5.41) is 8.73. The lowest BCUT2D eigenvalue weighted by atomic mass is 10.2. The van der Waals surface area contributed by atoms with Gasteiger partial charge in [-0.1, -0.05) is 23.2 Å². The first kappa shape index (κ1) is 16.5. The minimum atomic E-state index is -3.95. The number of ether oxygens (including phenoxy) is 1. The first-order valence-electron chi connectivity index (χ1n) is 6.07. The minimum Gasteiger partial charge on any atom is -0.478 e. The fourth-order valence-electron chi connectivity index (χ4n) is 2.10. The third-order valence-corrected chi connectivity index (χ3v) is 5.90. The number of hydrogen-bond donors (Lipinski definition) is 1. The van der Waals surface area contributed by atoms with Gasteiger partial charge < -0.3 is 9.84 Å². The van der Waals surface area contributed by atoms with Gasteiger partial charge in [-0.25, -0.2) is 13.2 Å². The van der Waals surface area contributed by atoms with Crippen LogP contribution >= 0.6 is 23.2 Å². The summed E-state index contributed by atoms with van der Waals surface area (Å²) in [6, 6.07) is 1.91. The minimum absolute atomic E-state index is 0.00344. The van der Waals surface area contributed by atoms with Crippen LogP contribution in [-0.4, -0.2) is 49.6 Å². The van der Waals surface area contributed by atoms with Crippen molar-refractivity contribution in [3.8, 4) is 0 Å². The van der Waals surface area contributed by atoms with Gasteiger partial charge in [0.05, 0.1) is 23.8 Å². The molecule has 6 nitrogen and oxygen atoms in total. The third-order valence-electron chi connectivity index (χ3n) is 3.13. The zero-order chi connectivity index (χ0) is 15.8. The smallest absolute Gasteiger partial charge is 0.337 e. The van der Waals surface area contributed by atoms with E-state index in [2.05, 4.69) is 0 Å². The third kappa shape index (κ3) is 3.17. The van der Waals surface area contributed by atoms with Gasteiger partial charge in [0.1, 0.15) is 4.90 Å². The first-order chi connectivity index (χ1) is 9.75. The van der Waals surface area contributed by atoms with Gasteiger partial charge >= 0.3 is 5.97 Å². The molecule has 1 aromatic carbocycles. The molecule has 1 fully saturated rings. The van der Waals surface area contributed by atoms with Crippen molar-refractivity contribution in [1.82, 2.24) is 4.31 Å². The van der Waals surface area contributed by atoms with Crippen LogP contribution in [0.5, 0.6) is 0 Å². The Labute approximate surface area is 132 Å². The van der Waals surface area contributed by atoms with Gasteiger partial charge in [0, 0.05) is 17.6 Å². The van der Waals surface area contributed by atoms with Crippen LogP contribution < -0.4 is 0 Å². The van der Waals surface area contributed by atoms with Crippen LogP contribution in [-0.2, 0) is 14.8 Å². The van der Waals surface area contributed by atoms with E-state index in [-0.39, 0.29) is 46.3 Å². The average molecular weight is 354 g/mol. The number of carboxylic acids is 1. The van der Waals surface area contributed by atoms with Gasteiger partial charge in [0.15, 0.2) is 0 Å². The number of nitrogens with zero attached hydrogens (tertiary/aromatic N) is 1. The molecule has 0 bridgehead atoms. The van der Waals surface area contributed by atoms with Crippen LogP contribution in [0.4, 0.5) is 0 Å². The Morgan fingerprint density at radius 1 is 1.43 bits per heavy atom. The topological polar surface area (TPSA) is 83.9 Å². The van der Waals surface area contributed by atoms with Crippen LogP contribution in [0.15, 0.2) is 17.0 Å². The van der Waals surface area contributed by atoms with E-state index in [0.29, 0.717) is 0 Å². The molecular weight excluding hydrogens is 341 g/mol. The molecule has 1 saturated heterocycles. The maximum Gasteiger partial charge on any atom is 0.337 e. The van der Waals surface area contributed by atoms with Crippen LogP contribution in [0.25, 0.3) is 0 Å². The van der Waals surface area contributed by atoms with Crippen molar-refractivity contribution < 1.29 is 23.1 Å². The van der Waals surface area contributed by atoms with Crippen LogP contribution in [0.3, 0.4) is 0 Å². The molecule has 0 aromatic heterocycles. The fourth-order valence-corrected chi connectivity index (χ4v) is 4.58. The average Bonchev–Trinajstić information content (AvgIpc) is 2.40. The molecule has 0 amide bonds. The molecule has 1 aromatic rings. The Bertz CT molecular complexity index is 676. The van der Waals surface area contributed by atoms with E-state index < -0.39 is 16.0 Å². The summed E-state index contributed by atoms with van der Waals surface area (Å²) in [6.45, 7) is 2.42. The van der Waals surface area contributed by atoms with Gasteiger partial charge in [-0.05, 0) is 19.1 Å². The Kier molecular flexibility index (Phi) is 4.79. The summed E-state index contributed by atoms with van der Waals surface area (Å²) in [5.74, 6) is -1.34. The molecule has 0 unspecified atom stereocenters. The molecule has 0 spiro atoms. The fraction of sp³-hybridized carbons (Fsp3) is 0.417. The predicted molar refractivity (Wildman–Crippen MR) is 77.6 cm³/mol. The standard InChI is InChI=1S/C12H13Cl2NO5S/c1-7-6-20-3-2-15(7)21(18,19)10-5-8(13)4-9(11(10)14)12(16)17/h4-5,7H,2-3,6H2,1H3,(H,16,17)/t7-/m1/s1. The number of carboxylic acid groups (broad SMARTS) is 1. The van der Waals surface area contributed by atoms with E-state index in [4.69, 9.17) is 33.0 Å². The molecule has 0 aliphatic carbocycles. The van der Waals surface area contributed by atoms with Crippen molar-refractivity contribution in [3.05, 3.63) is 27.7 Å². The lowest BCUT2D eigenvalue weighted by Crippen LogP contribution is -2.47. The second-order valence-electron chi connectivity index (χ2n) is 4.61. The number of morpholine rings is 1. The highest BCUT2D eigenvalue weighted by atomic mass is 35.5. The lowest BCUT2D eigenvalue weighted by molar-refractivity contribution is 0.0392. The Morgan fingerprint density at radius 2 is 2.10 bits per heavy atom. The number of aromatic carboxylic acids is 1. The molecule has 1 heterocycles. The highest BCUT2D eigenvalue weighted by molar-refractivity contribution is 7.89. The molecular formula is C12H13Cl2NO5S. The molecule has 0 radical (unpaired) electrons. The quantitative estimate of drug-likeness (QED) is 0.899. The molecule has 116 valence electrons.